The lowest BCUT2D eigenvalue weighted by Gasteiger charge is -2.42. The summed E-state index contributed by atoms with van der Waals surface area (Å²) in [6, 6.07) is 5.07. The number of aryl methyl sites for hydroxylation is 1. The number of hydrogen-bond acceptors (Lipinski definition) is 3. The molecule has 16 heavy (non-hydrogen) atoms. The molecule has 3 rings (SSSR count). The Hall–Kier alpha value is -1.09. The van der Waals surface area contributed by atoms with E-state index in [0.29, 0.717) is 12.1 Å². The lowest BCUT2D eigenvalue weighted by molar-refractivity contribution is 0.0633. The van der Waals surface area contributed by atoms with Crippen LogP contribution in [0.25, 0.3) is 0 Å². The number of hydrogen-bond donors (Lipinski definition) is 1. The Kier molecular flexibility index (Phi) is 2.36. The third-order valence-electron chi connectivity index (χ3n) is 3.67. The van der Waals surface area contributed by atoms with E-state index in [-0.39, 0.29) is 6.10 Å². The summed E-state index contributed by atoms with van der Waals surface area (Å²) in [7, 11) is 0. The van der Waals surface area contributed by atoms with Crippen LogP contribution in [0, 0.1) is 6.92 Å². The topological polar surface area (TPSA) is 36.4 Å². The Labute approximate surface area is 96.1 Å². The van der Waals surface area contributed by atoms with Gasteiger partial charge in [-0.3, -0.25) is 0 Å². The molecule has 0 bridgehead atoms. The molecule has 1 aromatic rings. The minimum Gasteiger partial charge on any atom is -0.391 e. The van der Waals surface area contributed by atoms with Crippen molar-refractivity contribution in [1.82, 2.24) is 4.98 Å². The van der Waals surface area contributed by atoms with Crippen molar-refractivity contribution in [1.29, 1.82) is 0 Å². The number of rotatable bonds is 3. The summed E-state index contributed by atoms with van der Waals surface area (Å²) in [5.74, 6) is 1.05. The molecular weight excluding hydrogens is 200 g/mol. The van der Waals surface area contributed by atoms with E-state index in [0.717, 1.165) is 18.7 Å². The van der Waals surface area contributed by atoms with Crippen LogP contribution in [0.2, 0.25) is 0 Å². The van der Waals surface area contributed by atoms with Gasteiger partial charge in [-0.25, -0.2) is 4.98 Å². The molecule has 2 fully saturated rings. The summed E-state index contributed by atoms with van der Waals surface area (Å²) in [5.41, 5.74) is 1.24. The Bertz CT molecular complexity index is 389. The van der Waals surface area contributed by atoms with Crippen LogP contribution in [-0.4, -0.2) is 28.3 Å². The van der Waals surface area contributed by atoms with E-state index < -0.39 is 0 Å². The summed E-state index contributed by atoms with van der Waals surface area (Å²) in [4.78, 5) is 6.80. The van der Waals surface area contributed by atoms with E-state index in [9.17, 15) is 5.11 Å². The van der Waals surface area contributed by atoms with Gasteiger partial charge in [0.15, 0.2) is 0 Å². The molecule has 2 aliphatic carbocycles. The summed E-state index contributed by atoms with van der Waals surface area (Å²) in [6.07, 6.45) is 6.26. The Morgan fingerprint density at radius 2 is 2.12 bits per heavy atom. The quantitative estimate of drug-likeness (QED) is 0.841. The predicted octanol–water partition coefficient (Wildman–Crippen LogP) is 1.88. The zero-order valence-electron chi connectivity index (χ0n) is 9.63. The van der Waals surface area contributed by atoms with Crippen molar-refractivity contribution in [3.63, 3.8) is 0 Å². The molecule has 3 heteroatoms. The van der Waals surface area contributed by atoms with Crippen LogP contribution in [0.5, 0.6) is 0 Å². The second-order valence-corrected chi connectivity index (χ2v) is 5.04. The third kappa shape index (κ3) is 1.69. The van der Waals surface area contributed by atoms with Crippen LogP contribution < -0.4 is 4.90 Å². The minimum atomic E-state index is -0.150. The smallest absolute Gasteiger partial charge is 0.129 e. The van der Waals surface area contributed by atoms with Crippen molar-refractivity contribution in [3.8, 4) is 0 Å². The average Bonchev–Trinajstić information content (AvgIpc) is 3.07. The molecule has 2 saturated carbocycles. The summed E-state index contributed by atoms with van der Waals surface area (Å²) in [5, 5.41) is 9.82. The first kappa shape index (κ1) is 10.1. The lowest BCUT2D eigenvalue weighted by atomic mass is 9.87. The first-order valence-electron chi connectivity index (χ1n) is 6.15. The normalized spacial score (nSPS) is 28.6. The number of aliphatic hydroxyl groups excluding tert-OH is 1. The van der Waals surface area contributed by atoms with Crippen molar-refractivity contribution in [2.75, 3.05) is 4.90 Å². The average molecular weight is 218 g/mol. The van der Waals surface area contributed by atoms with Crippen molar-refractivity contribution < 1.29 is 5.11 Å². The Morgan fingerprint density at radius 1 is 1.31 bits per heavy atom. The van der Waals surface area contributed by atoms with Gasteiger partial charge in [-0.2, -0.15) is 0 Å². The highest BCUT2D eigenvalue weighted by atomic mass is 16.3. The van der Waals surface area contributed by atoms with Crippen LogP contribution >= 0.6 is 0 Å². The van der Waals surface area contributed by atoms with Crippen LogP contribution in [0.3, 0.4) is 0 Å². The molecule has 2 aliphatic rings. The molecule has 3 nitrogen and oxygen atoms in total. The number of pyridine rings is 1. The number of aliphatic hydroxyl groups is 1. The Morgan fingerprint density at radius 3 is 2.62 bits per heavy atom. The number of aromatic nitrogens is 1. The second kappa shape index (κ2) is 3.74. The van der Waals surface area contributed by atoms with Gasteiger partial charge < -0.3 is 10.0 Å². The highest BCUT2D eigenvalue weighted by Crippen LogP contribution is 2.38. The Balaban J connectivity index is 1.87. The molecule has 2 unspecified atom stereocenters. The summed E-state index contributed by atoms with van der Waals surface area (Å²) in [6.45, 7) is 2.09. The lowest BCUT2D eigenvalue weighted by Crippen LogP contribution is -2.52. The van der Waals surface area contributed by atoms with E-state index in [4.69, 9.17) is 0 Å². The minimum absolute atomic E-state index is 0.150. The molecule has 2 atom stereocenters. The van der Waals surface area contributed by atoms with E-state index in [1.807, 2.05) is 12.3 Å². The van der Waals surface area contributed by atoms with Crippen LogP contribution in [0.4, 0.5) is 5.82 Å². The standard InChI is InChI=1S/C13H18N2O/c1-9-6-7-14-13(8-9)15(10-2-3-10)11-4-5-12(11)16/h6-8,10-12,16H,2-5H2,1H3. The van der Waals surface area contributed by atoms with Gasteiger partial charge in [-0.1, -0.05) is 0 Å². The third-order valence-corrected chi connectivity index (χ3v) is 3.67. The molecule has 0 spiro atoms. The number of nitrogens with zero attached hydrogens (tertiary/aromatic N) is 2. The van der Waals surface area contributed by atoms with Gasteiger partial charge in [-0.05, 0) is 50.3 Å². The van der Waals surface area contributed by atoms with Crippen LogP contribution in [-0.2, 0) is 0 Å². The first-order valence-corrected chi connectivity index (χ1v) is 6.15. The zero-order chi connectivity index (χ0) is 11.1. The fraction of sp³-hybridized carbons (Fsp3) is 0.615. The molecular formula is C13H18N2O. The fourth-order valence-corrected chi connectivity index (χ4v) is 2.43. The molecule has 0 aromatic carbocycles. The summed E-state index contributed by atoms with van der Waals surface area (Å²) >= 11 is 0. The van der Waals surface area contributed by atoms with E-state index >= 15 is 0 Å². The predicted molar refractivity (Wildman–Crippen MR) is 63.5 cm³/mol. The van der Waals surface area contributed by atoms with Crippen molar-refractivity contribution >= 4 is 5.82 Å². The van der Waals surface area contributed by atoms with Gasteiger partial charge in [0, 0.05) is 12.2 Å². The maximum Gasteiger partial charge on any atom is 0.129 e. The maximum atomic E-state index is 9.82. The molecule has 0 amide bonds. The van der Waals surface area contributed by atoms with Gasteiger partial charge in [-0.15, -0.1) is 0 Å². The molecule has 1 aromatic heterocycles. The maximum absolute atomic E-state index is 9.82. The van der Waals surface area contributed by atoms with Crippen LogP contribution in [0.15, 0.2) is 18.3 Å². The van der Waals surface area contributed by atoms with Crippen molar-refractivity contribution in [2.45, 2.75) is 50.8 Å². The second-order valence-electron chi connectivity index (χ2n) is 5.04. The van der Waals surface area contributed by atoms with Crippen molar-refractivity contribution in [2.24, 2.45) is 0 Å². The van der Waals surface area contributed by atoms with Crippen molar-refractivity contribution in [3.05, 3.63) is 23.9 Å². The van der Waals surface area contributed by atoms with Gasteiger partial charge >= 0.3 is 0 Å². The highest BCUT2D eigenvalue weighted by molar-refractivity contribution is 5.45. The largest absolute Gasteiger partial charge is 0.391 e. The molecule has 1 heterocycles. The van der Waals surface area contributed by atoms with Crippen LogP contribution in [0.1, 0.15) is 31.2 Å². The summed E-state index contributed by atoms with van der Waals surface area (Å²) < 4.78 is 0. The number of anilines is 1. The molecule has 0 saturated heterocycles. The van der Waals surface area contributed by atoms with Gasteiger partial charge in [0.25, 0.3) is 0 Å². The molecule has 86 valence electrons. The monoisotopic (exact) mass is 218 g/mol. The van der Waals surface area contributed by atoms with E-state index in [1.54, 1.807) is 0 Å². The highest BCUT2D eigenvalue weighted by Gasteiger charge is 2.42. The van der Waals surface area contributed by atoms with Gasteiger partial charge in [0.2, 0.25) is 0 Å². The fourth-order valence-electron chi connectivity index (χ4n) is 2.43. The van der Waals surface area contributed by atoms with Gasteiger partial charge in [0.05, 0.1) is 12.1 Å². The van der Waals surface area contributed by atoms with E-state index in [2.05, 4.69) is 22.9 Å². The zero-order valence-corrected chi connectivity index (χ0v) is 9.63. The first-order chi connectivity index (χ1) is 7.75. The molecule has 1 N–H and O–H groups in total. The molecule has 0 radical (unpaired) electrons. The van der Waals surface area contributed by atoms with Gasteiger partial charge in [0.1, 0.15) is 5.82 Å². The molecule has 0 aliphatic heterocycles. The SMILES string of the molecule is Cc1ccnc(N(C2CC2)C2CCC2O)c1. The van der Waals surface area contributed by atoms with E-state index in [1.165, 1.54) is 18.4 Å².